The predicted molar refractivity (Wildman–Crippen MR) is 308 cm³/mol. The van der Waals surface area contributed by atoms with Crippen LogP contribution < -0.4 is 4.90 Å². The highest BCUT2D eigenvalue weighted by molar-refractivity contribution is 6.04. The van der Waals surface area contributed by atoms with Crippen LogP contribution in [0.5, 0.6) is 0 Å². The Labute approximate surface area is 428 Å². The van der Waals surface area contributed by atoms with E-state index in [1.807, 2.05) is 12.4 Å². The van der Waals surface area contributed by atoms with Crippen molar-refractivity contribution < 1.29 is 0 Å². The van der Waals surface area contributed by atoms with Crippen molar-refractivity contribution in [1.82, 2.24) is 19.1 Å². The summed E-state index contributed by atoms with van der Waals surface area (Å²) >= 11 is 0. The molecule has 0 aliphatic carbocycles. The van der Waals surface area contributed by atoms with E-state index in [0.717, 1.165) is 79.4 Å². The molecule has 0 unspecified atom stereocenters. The van der Waals surface area contributed by atoms with Crippen LogP contribution in [0.15, 0.2) is 219 Å². The molecular formula is C68H57N5. The maximum absolute atomic E-state index is 5.22. The molecule has 0 bridgehead atoms. The van der Waals surface area contributed by atoms with Crippen molar-refractivity contribution in [1.29, 1.82) is 0 Å². The number of aryl methyl sites for hydroxylation is 4. The fraction of sp³-hybridized carbons (Fsp3) is 0.118. The Hall–Kier alpha value is -8.80. The maximum atomic E-state index is 5.22. The van der Waals surface area contributed by atoms with Crippen molar-refractivity contribution in [2.75, 3.05) is 4.90 Å². The molecule has 12 rings (SSSR count). The molecule has 0 amide bonds. The fourth-order valence-corrected chi connectivity index (χ4v) is 11.0. The van der Waals surface area contributed by atoms with E-state index in [9.17, 15) is 0 Å². The maximum Gasteiger partial charge on any atom is 0.0709 e. The predicted octanol–water partition coefficient (Wildman–Crippen LogP) is 17.9. The van der Waals surface area contributed by atoms with Gasteiger partial charge >= 0.3 is 0 Å². The second-order valence-electron chi connectivity index (χ2n) is 20.1. The molecule has 73 heavy (non-hydrogen) atoms. The lowest BCUT2D eigenvalue weighted by Gasteiger charge is -2.29. The molecule has 0 spiro atoms. The minimum atomic E-state index is 0.496. The Kier molecular flexibility index (Phi) is 11.6. The summed E-state index contributed by atoms with van der Waals surface area (Å²) in [7, 11) is 4.29. The van der Waals surface area contributed by atoms with Gasteiger partial charge in [-0.05, 0) is 148 Å². The molecule has 0 aliphatic rings. The molecule has 0 N–H and O–H groups in total. The third kappa shape index (κ3) is 8.47. The molecule has 5 nitrogen and oxygen atoms in total. The normalized spacial score (nSPS) is 11.6. The first kappa shape index (κ1) is 45.3. The summed E-state index contributed by atoms with van der Waals surface area (Å²) in [5.41, 5.74) is 22.2. The van der Waals surface area contributed by atoms with Crippen LogP contribution in [0, 0.1) is 19.8 Å². The first-order chi connectivity index (χ1) is 35.6. The smallest absolute Gasteiger partial charge is 0.0709 e. The Morgan fingerprint density at radius 3 is 1.32 bits per heavy atom. The van der Waals surface area contributed by atoms with Crippen LogP contribution in [-0.4, -0.2) is 19.1 Å². The minimum absolute atomic E-state index is 0.496. The Balaban J connectivity index is 1.18. The number of hydrogen-bond donors (Lipinski definition) is 0. The average Bonchev–Trinajstić information content (AvgIpc) is 3.95. The van der Waals surface area contributed by atoms with Gasteiger partial charge in [-0.1, -0.05) is 141 Å². The summed E-state index contributed by atoms with van der Waals surface area (Å²) in [6.07, 6.45) is 9.59. The molecular weight excluding hydrogens is 887 g/mol. The number of benzene rings is 8. The van der Waals surface area contributed by atoms with Gasteiger partial charge in [0.15, 0.2) is 0 Å². The summed E-state index contributed by atoms with van der Waals surface area (Å²) in [5, 5.41) is 4.85. The highest BCUT2D eigenvalue weighted by Crippen LogP contribution is 2.47. The zero-order valence-electron chi connectivity index (χ0n) is 42.3. The van der Waals surface area contributed by atoms with Crippen LogP contribution in [0.3, 0.4) is 0 Å². The number of pyridine rings is 2. The van der Waals surface area contributed by atoms with E-state index < -0.39 is 0 Å². The lowest BCUT2D eigenvalue weighted by atomic mass is 9.93. The van der Waals surface area contributed by atoms with Crippen molar-refractivity contribution in [3.05, 3.63) is 236 Å². The molecule has 0 radical (unpaired) electrons. The second-order valence-corrected chi connectivity index (χ2v) is 20.1. The van der Waals surface area contributed by atoms with E-state index in [-0.39, 0.29) is 0 Å². The molecule has 0 aliphatic heterocycles. The number of para-hydroxylation sites is 2. The van der Waals surface area contributed by atoms with Crippen molar-refractivity contribution in [2.24, 2.45) is 20.0 Å². The molecule has 8 aromatic carbocycles. The number of anilines is 3. The summed E-state index contributed by atoms with van der Waals surface area (Å²) < 4.78 is 4.48. The van der Waals surface area contributed by atoms with Crippen LogP contribution in [0.2, 0.25) is 0 Å². The van der Waals surface area contributed by atoms with Crippen LogP contribution in [0.4, 0.5) is 17.1 Å². The molecule has 4 aromatic heterocycles. The second kappa shape index (κ2) is 18.7. The summed E-state index contributed by atoms with van der Waals surface area (Å²) in [6.45, 7) is 8.92. The van der Waals surface area contributed by atoms with Gasteiger partial charge in [-0.15, -0.1) is 0 Å². The van der Waals surface area contributed by atoms with Gasteiger partial charge < -0.3 is 14.0 Å². The van der Waals surface area contributed by atoms with Crippen LogP contribution in [-0.2, 0) is 20.5 Å². The van der Waals surface area contributed by atoms with E-state index >= 15 is 0 Å². The number of aromatic nitrogens is 4. The lowest BCUT2D eigenvalue weighted by Crippen LogP contribution is -2.12. The van der Waals surface area contributed by atoms with Crippen molar-refractivity contribution in [3.8, 4) is 67.0 Å². The molecule has 12 aromatic rings. The van der Waals surface area contributed by atoms with E-state index in [2.05, 4.69) is 262 Å². The third-order valence-corrected chi connectivity index (χ3v) is 14.6. The van der Waals surface area contributed by atoms with E-state index in [4.69, 9.17) is 9.97 Å². The number of rotatable bonds is 11. The Morgan fingerprint density at radius 1 is 0.411 bits per heavy atom. The van der Waals surface area contributed by atoms with Gasteiger partial charge in [0.05, 0.1) is 17.1 Å². The largest absolute Gasteiger partial charge is 0.350 e. The topological polar surface area (TPSA) is 38.9 Å². The molecule has 0 atom stereocenters. The highest BCUT2D eigenvalue weighted by Gasteiger charge is 2.24. The zero-order valence-corrected chi connectivity index (χ0v) is 42.3. The van der Waals surface area contributed by atoms with Crippen LogP contribution >= 0.6 is 0 Å². The van der Waals surface area contributed by atoms with Gasteiger partial charge in [0.2, 0.25) is 0 Å². The van der Waals surface area contributed by atoms with Gasteiger partial charge in [-0.25, -0.2) is 0 Å². The molecule has 0 saturated carbocycles. The molecule has 4 heterocycles. The summed E-state index contributed by atoms with van der Waals surface area (Å²) in [5.74, 6) is 0.496. The van der Waals surface area contributed by atoms with Crippen molar-refractivity contribution in [3.63, 3.8) is 0 Å². The van der Waals surface area contributed by atoms with Gasteiger partial charge in [0.25, 0.3) is 0 Å². The fourth-order valence-electron chi connectivity index (χ4n) is 11.0. The van der Waals surface area contributed by atoms with E-state index in [0.29, 0.717) is 5.92 Å². The van der Waals surface area contributed by atoms with Crippen molar-refractivity contribution in [2.45, 2.75) is 34.1 Å². The number of nitrogens with zero attached hydrogens (tertiary/aromatic N) is 5. The first-order valence-electron chi connectivity index (χ1n) is 25.4. The Morgan fingerprint density at radius 2 is 0.836 bits per heavy atom. The van der Waals surface area contributed by atoms with Gasteiger partial charge in [-0.2, -0.15) is 0 Å². The quantitative estimate of drug-likeness (QED) is 0.130. The summed E-state index contributed by atoms with van der Waals surface area (Å²) in [6, 6.07) is 71.1. The van der Waals surface area contributed by atoms with Crippen molar-refractivity contribution >= 4 is 49.6 Å². The number of hydrogen-bond acceptors (Lipinski definition) is 3. The molecule has 0 saturated heterocycles. The molecule has 0 fully saturated rings. The minimum Gasteiger partial charge on any atom is -0.350 e. The SMILES string of the molecule is Cc1cnc(-c2cc(-c3cn(C)c4ccccc34)cc(N(c3cc(-c4cc(-c5ccccc5)c(C)cn4)cc(-c4cn(C)c5ccccc45)c3)c3ccc(CC(C)C)c4ccccc34)c2)cc1-c1ccccc1. The van der Waals surface area contributed by atoms with Crippen LogP contribution in [0.25, 0.3) is 99.6 Å². The third-order valence-electron chi connectivity index (χ3n) is 14.6. The lowest BCUT2D eigenvalue weighted by molar-refractivity contribution is 0.650. The summed E-state index contributed by atoms with van der Waals surface area (Å²) in [4.78, 5) is 12.9. The monoisotopic (exact) mass is 943 g/mol. The average molecular weight is 944 g/mol. The van der Waals surface area contributed by atoms with Gasteiger partial charge in [-0.3, -0.25) is 9.97 Å². The number of fused-ring (bicyclic) bond motifs is 3. The van der Waals surface area contributed by atoms with E-state index in [1.165, 1.54) is 60.4 Å². The molecule has 5 heteroatoms. The zero-order chi connectivity index (χ0) is 49.7. The standard InChI is InChI=1S/C68H57N5/c1-44(2)31-49-29-30-68(57-24-14-13-23-56(49)57)73(54-34-50(62-42-71(5)66-27-17-15-25-58(62)66)32-52(36-54)64-38-60(45(3)40-69-64)47-19-9-7-10-20-47)55-35-51(63-43-72(6)67-28-18-16-26-59(63)67)33-53(37-55)65-39-61(46(4)41-70-65)48-21-11-8-12-22-48/h7-30,32-44H,31H2,1-6H3. The first-order valence-corrected chi connectivity index (χ1v) is 25.4. The van der Waals surface area contributed by atoms with Gasteiger partial charge in [0.1, 0.15) is 0 Å². The molecule has 354 valence electrons. The van der Waals surface area contributed by atoms with Gasteiger partial charge in [0, 0.05) is 99.7 Å². The van der Waals surface area contributed by atoms with Crippen LogP contribution in [0.1, 0.15) is 30.5 Å². The van der Waals surface area contributed by atoms with E-state index in [1.54, 1.807) is 0 Å². The Bertz CT molecular complexity index is 3810. The highest BCUT2D eigenvalue weighted by atomic mass is 15.1.